The van der Waals surface area contributed by atoms with Gasteiger partial charge in [-0.05, 0) is 6.92 Å². The minimum absolute atomic E-state index is 0.00231. The molecule has 0 aromatic carbocycles. The summed E-state index contributed by atoms with van der Waals surface area (Å²) in [6.07, 6.45) is 0.0144. The van der Waals surface area contributed by atoms with Crippen LogP contribution in [0.15, 0.2) is 0 Å². The van der Waals surface area contributed by atoms with E-state index in [1.807, 2.05) is 0 Å². The molecule has 1 heterocycles. The predicted octanol–water partition coefficient (Wildman–Crippen LogP) is -0.112. The maximum atomic E-state index is 11.9. The number of aliphatic carboxylic acids is 1. The lowest BCUT2D eigenvalue weighted by atomic mass is 10.0. The Morgan fingerprint density at radius 3 is 2.58 bits per heavy atom. The molecule has 0 bridgehead atoms. The molecule has 0 aliphatic carbocycles. The van der Waals surface area contributed by atoms with Gasteiger partial charge in [-0.2, -0.15) is 0 Å². The van der Waals surface area contributed by atoms with Crippen molar-refractivity contribution in [2.45, 2.75) is 25.8 Å². The maximum Gasteiger partial charge on any atom is 0.311 e. The van der Waals surface area contributed by atoms with E-state index in [1.165, 1.54) is 11.9 Å². The van der Waals surface area contributed by atoms with Crippen LogP contribution < -0.4 is 0 Å². The SMILES string of the molecule is CCOC(=O)CCC(=O)N(C)C1COCC1C(=O)O. The molecule has 0 saturated carbocycles. The number of carboxylic acids is 1. The van der Waals surface area contributed by atoms with E-state index in [9.17, 15) is 14.4 Å². The molecule has 7 nitrogen and oxygen atoms in total. The normalized spacial score (nSPS) is 22.0. The van der Waals surface area contributed by atoms with E-state index in [-0.39, 0.29) is 38.6 Å². The quantitative estimate of drug-likeness (QED) is 0.679. The van der Waals surface area contributed by atoms with E-state index < -0.39 is 23.9 Å². The number of hydrogen-bond acceptors (Lipinski definition) is 5. The van der Waals surface area contributed by atoms with E-state index in [4.69, 9.17) is 14.6 Å². The van der Waals surface area contributed by atoms with Gasteiger partial charge in [0.15, 0.2) is 0 Å². The maximum absolute atomic E-state index is 11.9. The summed E-state index contributed by atoms with van der Waals surface area (Å²) >= 11 is 0. The third-order valence-electron chi connectivity index (χ3n) is 3.11. The number of rotatable bonds is 6. The van der Waals surface area contributed by atoms with Gasteiger partial charge in [-0.25, -0.2) is 0 Å². The Balaban J connectivity index is 2.47. The molecular weight excluding hydrogens is 254 g/mol. The monoisotopic (exact) mass is 273 g/mol. The second kappa shape index (κ2) is 7.08. The van der Waals surface area contributed by atoms with Gasteiger partial charge in [-0.15, -0.1) is 0 Å². The van der Waals surface area contributed by atoms with Crippen LogP contribution >= 0.6 is 0 Å². The van der Waals surface area contributed by atoms with Crippen LogP contribution in [0.2, 0.25) is 0 Å². The highest BCUT2D eigenvalue weighted by molar-refractivity contribution is 5.82. The Labute approximate surface area is 111 Å². The number of esters is 1. The predicted molar refractivity (Wildman–Crippen MR) is 64.4 cm³/mol. The van der Waals surface area contributed by atoms with Crippen LogP contribution in [0.5, 0.6) is 0 Å². The number of hydrogen-bond donors (Lipinski definition) is 1. The summed E-state index contributed by atoms with van der Waals surface area (Å²) in [4.78, 5) is 35.4. The Kier molecular flexibility index (Phi) is 5.75. The van der Waals surface area contributed by atoms with Crippen molar-refractivity contribution in [2.24, 2.45) is 5.92 Å². The summed E-state index contributed by atoms with van der Waals surface area (Å²) in [5.41, 5.74) is 0. The molecule has 1 aliphatic heterocycles. The number of carbonyl (C=O) groups excluding carboxylic acids is 2. The summed E-state index contributed by atoms with van der Waals surface area (Å²) in [5, 5.41) is 9.01. The van der Waals surface area contributed by atoms with Gasteiger partial charge in [-0.3, -0.25) is 14.4 Å². The van der Waals surface area contributed by atoms with Crippen LogP contribution in [0, 0.1) is 5.92 Å². The molecule has 0 aromatic rings. The highest BCUT2D eigenvalue weighted by Crippen LogP contribution is 2.19. The summed E-state index contributed by atoms with van der Waals surface area (Å²) in [7, 11) is 1.53. The van der Waals surface area contributed by atoms with E-state index in [1.54, 1.807) is 6.92 Å². The first-order valence-corrected chi connectivity index (χ1v) is 6.19. The molecule has 1 N–H and O–H groups in total. The fourth-order valence-corrected chi connectivity index (χ4v) is 1.96. The second-order valence-corrected chi connectivity index (χ2v) is 4.36. The lowest BCUT2D eigenvalue weighted by Gasteiger charge is -2.26. The molecule has 1 aliphatic rings. The summed E-state index contributed by atoms with van der Waals surface area (Å²) < 4.78 is 9.83. The lowest BCUT2D eigenvalue weighted by Crippen LogP contribution is -2.44. The standard InChI is InChI=1S/C12H19NO6/c1-3-19-11(15)5-4-10(14)13(2)9-7-18-6-8(9)12(16)17/h8-9H,3-7H2,1-2H3,(H,16,17). The van der Waals surface area contributed by atoms with Crippen LogP contribution in [0.1, 0.15) is 19.8 Å². The highest BCUT2D eigenvalue weighted by atomic mass is 16.5. The van der Waals surface area contributed by atoms with Gasteiger partial charge >= 0.3 is 11.9 Å². The molecule has 2 atom stereocenters. The van der Waals surface area contributed by atoms with Crippen molar-refractivity contribution >= 4 is 17.8 Å². The molecule has 1 fully saturated rings. The fourth-order valence-electron chi connectivity index (χ4n) is 1.96. The molecule has 1 rings (SSSR count). The van der Waals surface area contributed by atoms with Crippen molar-refractivity contribution in [1.82, 2.24) is 4.90 Å². The largest absolute Gasteiger partial charge is 0.481 e. The molecule has 19 heavy (non-hydrogen) atoms. The van der Waals surface area contributed by atoms with Gasteiger partial charge in [0, 0.05) is 13.5 Å². The average molecular weight is 273 g/mol. The molecule has 1 saturated heterocycles. The fraction of sp³-hybridized carbons (Fsp3) is 0.750. The van der Waals surface area contributed by atoms with Gasteiger partial charge in [-0.1, -0.05) is 0 Å². The first-order chi connectivity index (χ1) is 8.97. The average Bonchev–Trinajstić information content (AvgIpc) is 2.84. The number of amides is 1. The third kappa shape index (κ3) is 4.20. The Morgan fingerprint density at radius 2 is 2.00 bits per heavy atom. The van der Waals surface area contributed by atoms with Gasteiger partial charge in [0.2, 0.25) is 5.91 Å². The Hall–Kier alpha value is -1.63. The van der Waals surface area contributed by atoms with Crippen LogP contribution in [0.3, 0.4) is 0 Å². The van der Waals surface area contributed by atoms with Gasteiger partial charge in [0.25, 0.3) is 0 Å². The number of nitrogens with zero attached hydrogens (tertiary/aromatic N) is 1. The Bertz CT molecular complexity index is 356. The molecule has 108 valence electrons. The molecule has 1 amide bonds. The number of ether oxygens (including phenoxy) is 2. The first kappa shape index (κ1) is 15.4. The van der Waals surface area contributed by atoms with Crippen molar-refractivity contribution in [1.29, 1.82) is 0 Å². The van der Waals surface area contributed by atoms with Crippen molar-refractivity contribution < 1.29 is 29.0 Å². The van der Waals surface area contributed by atoms with E-state index in [0.717, 1.165) is 0 Å². The minimum atomic E-state index is -0.979. The van der Waals surface area contributed by atoms with E-state index >= 15 is 0 Å². The molecule has 0 aromatic heterocycles. The van der Waals surface area contributed by atoms with Gasteiger partial charge < -0.3 is 19.5 Å². The topological polar surface area (TPSA) is 93.1 Å². The van der Waals surface area contributed by atoms with E-state index in [0.29, 0.717) is 0 Å². The van der Waals surface area contributed by atoms with Crippen LogP contribution in [0.25, 0.3) is 0 Å². The van der Waals surface area contributed by atoms with Crippen LogP contribution in [0.4, 0.5) is 0 Å². The summed E-state index contributed by atoms with van der Waals surface area (Å²) in [6.45, 7) is 2.29. The third-order valence-corrected chi connectivity index (χ3v) is 3.11. The van der Waals surface area contributed by atoms with Crippen molar-refractivity contribution in [3.63, 3.8) is 0 Å². The molecule has 7 heteroatoms. The minimum Gasteiger partial charge on any atom is -0.481 e. The highest BCUT2D eigenvalue weighted by Gasteiger charge is 2.38. The van der Waals surface area contributed by atoms with Gasteiger partial charge in [0.05, 0.1) is 32.3 Å². The van der Waals surface area contributed by atoms with Crippen molar-refractivity contribution in [3.05, 3.63) is 0 Å². The van der Waals surface area contributed by atoms with Crippen molar-refractivity contribution in [3.8, 4) is 0 Å². The molecule has 2 unspecified atom stereocenters. The first-order valence-electron chi connectivity index (χ1n) is 6.19. The molecule has 0 spiro atoms. The zero-order chi connectivity index (χ0) is 14.4. The van der Waals surface area contributed by atoms with Crippen LogP contribution in [-0.2, 0) is 23.9 Å². The number of carbonyl (C=O) groups is 3. The summed E-state index contributed by atoms with van der Waals surface area (Å²) in [5.74, 6) is -2.40. The molecule has 0 radical (unpaired) electrons. The smallest absolute Gasteiger partial charge is 0.311 e. The zero-order valence-corrected chi connectivity index (χ0v) is 11.1. The zero-order valence-electron chi connectivity index (χ0n) is 11.1. The summed E-state index contributed by atoms with van der Waals surface area (Å²) in [6, 6.07) is -0.479. The van der Waals surface area contributed by atoms with Crippen molar-refractivity contribution in [2.75, 3.05) is 26.9 Å². The van der Waals surface area contributed by atoms with Crippen LogP contribution in [-0.4, -0.2) is 60.8 Å². The molecular formula is C12H19NO6. The number of carboxylic acid groups (broad SMARTS) is 1. The van der Waals surface area contributed by atoms with Gasteiger partial charge in [0.1, 0.15) is 5.92 Å². The second-order valence-electron chi connectivity index (χ2n) is 4.36. The Morgan fingerprint density at radius 1 is 1.32 bits per heavy atom. The van der Waals surface area contributed by atoms with E-state index in [2.05, 4.69) is 0 Å². The number of likely N-dealkylation sites (N-methyl/N-ethyl adjacent to an activating group) is 1. The lowest BCUT2D eigenvalue weighted by molar-refractivity contribution is -0.148.